The van der Waals surface area contributed by atoms with E-state index in [0.717, 1.165) is 32.6 Å². The van der Waals surface area contributed by atoms with Crippen LogP contribution in [0.25, 0.3) is 0 Å². The molecule has 0 radical (unpaired) electrons. The van der Waals surface area contributed by atoms with E-state index < -0.39 is 0 Å². The van der Waals surface area contributed by atoms with Gasteiger partial charge in [-0.05, 0) is 45.9 Å². The summed E-state index contributed by atoms with van der Waals surface area (Å²) in [7, 11) is 1.98. The lowest BCUT2D eigenvalue weighted by atomic mass is 10.3. The zero-order valence-electron chi connectivity index (χ0n) is 12.1. The summed E-state index contributed by atoms with van der Waals surface area (Å²) in [5.41, 5.74) is 0. The molecule has 0 saturated carbocycles. The Labute approximate surface area is 107 Å². The number of carbonyl (C=O) groups is 1. The topological polar surface area (TPSA) is 53.2 Å². The lowest BCUT2D eigenvalue weighted by Crippen LogP contribution is -2.27. The molecule has 17 heavy (non-hydrogen) atoms. The first-order chi connectivity index (χ1) is 8.31. The van der Waals surface area contributed by atoms with Crippen molar-refractivity contribution in [1.29, 1.82) is 0 Å². The fraction of sp³-hybridized carbons (Fsp3) is 0.923. The van der Waals surface area contributed by atoms with Crippen molar-refractivity contribution in [2.45, 2.75) is 46.5 Å². The van der Waals surface area contributed by atoms with Gasteiger partial charge in [0.1, 0.15) is 0 Å². The van der Waals surface area contributed by atoms with Crippen molar-refractivity contribution < 1.29 is 4.79 Å². The monoisotopic (exact) mass is 245 g/mol. The number of carbonyl (C=O) groups excluding carboxylic acids is 1. The molecular formula is C13H31N3O. The molecule has 4 heteroatoms. The van der Waals surface area contributed by atoms with E-state index in [9.17, 15) is 4.79 Å². The van der Waals surface area contributed by atoms with Crippen molar-refractivity contribution in [3.05, 3.63) is 0 Å². The summed E-state index contributed by atoms with van der Waals surface area (Å²) >= 11 is 0. The summed E-state index contributed by atoms with van der Waals surface area (Å²) < 4.78 is 0. The Bertz CT molecular complexity index is 152. The molecule has 0 aliphatic heterocycles. The first kappa shape index (κ1) is 18.7. The van der Waals surface area contributed by atoms with E-state index >= 15 is 0 Å². The maximum atomic E-state index is 10.9. The molecule has 4 nitrogen and oxygen atoms in total. The molecule has 0 unspecified atom stereocenters. The molecular weight excluding hydrogens is 214 g/mol. The van der Waals surface area contributed by atoms with E-state index in [1.165, 1.54) is 12.8 Å². The second-order valence-corrected chi connectivity index (χ2v) is 3.62. The molecule has 0 aromatic carbocycles. The van der Waals surface area contributed by atoms with Gasteiger partial charge in [-0.3, -0.25) is 4.79 Å². The minimum absolute atomic E-state index is 0.143. The van der Waals surface area contributed by atoms with E-state index in [0.29, 0.717) is 6.42 Å². The van der Waals surface area contributed by atoms with Gasteiger partial charge >= 0.3 is 0 Å². The highest BCUT2D eigenvalue weighted by atomic mass is 16.1. The summed E-state index contributed by atoms with van der Waals surface area (Å²) in [4.78, 5) is 10.9. The zero-order chi connectivity index (χ0) is 13.4. The minimum Gasteiger partial charge on any atom is -0.356 e. The third-order valence-corrected chi connectivity index (χ3v) is 2.20. The number of unbranched alkanes of at least 4 members (excludes halogenated alkanes) is 1. The van der Waals surface area contributed by atoms with E-state index in [2.05, 4.69) is 16.0 Å². The molecule has 3 N–H and O–H groups in total. The number of nitrogens with one attached hydrogen (secondary N) is 3. The fourth-order valence-corrected chi connectivity index (χ4v) is 1.24. The molecule has 0 aromatic heterocycles. The van der Waals surface area contributed by atoms with Gasteiger partial charge < -0.3 is 16.0 Å². The lowest BCUT2D eigenvalue weighted by Gasteiger charge is -2.05. The van der Waals surface area contributed by atoms with Crippen molar-refractivity contribution >= 4 is 5.91 Å². The molecule has 0 heterocycles. The van der Waals surface area contributed by atoms with Gasteiger partial charge in [-0.25, -0.2) is 0 Å². The van der Waals surface area contributed by atoms with Crippen LogP contribution in [0.2, 0.25) is 0 Å². The molecule has 0 aliphatic carbocycles. The lowest BCUT2D eigenvalue weighted by molar-refractivity contribution is -0.120. The van der Waals surface area contributed by atoms with Crippen LogP contribution >= 0.6 is 0 Å². The van der Waals surface area contributed by atoms with E-state index in [-0.39, 0.29) is 5.91 Å². The van der Waals surface area contributed by atoms with Crippen LogP contribution in [0.1, 0.15) is 46.5 Å². The van der Waals surface area contributed by atoms with Crippen LogP contribution in [-0.4, -0.2) is 39.1 Å². The molecule has 0 rings (SSSR count). The highest BCUT2D eigenvalue weighted by Crippen LogP contribution is 1.84. The van der Waals surface area contributed by atoms with Crippen molar-refractivity contribution in [2.75, 3.05) is 33.2 Å². The highest BCUT2D eigenvalue weighted by molar-refractivity contribution is 5.75. The summed E-state index contributed by atoms with van der Waals surface area (Å²) in [6.45, 7) is 9.81. The van der Waals surface area contributed by atoms with Gasteiger partial charge in [0.15, 0.2) is 0 Å². The van der Waals surface area contributed by atoms with Crippen LogP contribution in [0.3, 0.4) is 0 Å². The molecule has 0 fully saturated rings. The number of rotatable bonds is 10. The van der Waals surface area contributed by atoms with Gasteiger partial charge in [0.2, 0.25) is 5.91 Å². The Morgan fingerprint density at radius 3 is 2.12 bits per heavy atom. The van der Waals surface area contributed by atoms with Crippen LogP contribution in [-0.2, 0) is 4.79 Å². The molecule has 0 bridgehead atoms. The van der Waals surface area contributed by atoms with Crippen LogP contribution in [0, 0.1) is 0 Å². The Balaban J connectivity index is 0. The maximum Gasteiger partial charge on any atom is 0.219 e. The maximum absolute atomic E-state index is 10.9. The van der Waals surface area contributed by atoms with Crippen molar-refractivity contribution in [1.82, 2.24) is 16.0 Å². The third-order valence-electron chi connectivity index (χ3n) is 2.20. The fourth-order valence-electron chi connectivity index (χ4n) is 1.24. The number of hydrogen-bond donors (Lipinski definition) is 3. The van der Waals surface area contributed by atoms with E-state index in [1.807, 2.05) is 27.8 Å². The molecule has 1 amide bonds. The number of amides is 1. The van der Waals surface area contributed by atoms with Gasteiger partial charge in [0, 0.05) is 13.0 Å². The SMILES string of the molecule is CC.CCC(=O)NCCCNCCCCNC. The van der Waals surface area contributed by atoms with E-state index in [1.54, 1.807) is 0 Å². The predicted octanol–water partition coefficient (Wildman–Crippen LogP) is 1.52. The summed E-state index contributed by atoms with van der Waals surface area (Å²) in [6, 6.07) is 0. The Kier molecular flexibility index (Phi) is 19.6. The average molecular weight is 245 g/mol. The summed E-state index contributed by atoms with van der Waals surface area (Å²) in [6.07, 6.45) is 4.02. The van der Waals surface area contributed by atoms with Crippen molar-refractivity contribution in [3.63, 3.8) is 0 Å². The zero-order valence-corrected chi connectivity index (χ0v) is 12.1. The summed E-state index contributed by atoms with van der Waals surface area (Å²) in [5.74, 6) is 0.143. The van der Waals surface area contributed by atoms with Crippen molar-refractivity contribution in [2.24, 2.45) is 0 Å². The molecule has 0 spiro atoms. The average Bonchev–Trinajstić information content (AvgIpc) is 2.39. The Morgan fingerprint density at radius 1 is 0.941 bits per heavy atom. The normalized spacial score (nSPS) is 9.41. The van der Waals surface area contributed by atoms with Crippen LogP contribution < -0.4 is 16.0 Å². The molecule has 0 saturated heterocycles. The quantitative estimate of drug-likeness (QED) is 0.512. The molecule has 104 valence electrons. The Morgan fingerprint density at radius 2 is 1.53 bits per heavy atom. The van der Waals surface area contributed by atoms with Gasteiger partial charge in [0.25, 0.3) is 0 Å². The summed E-state index contributed by atoms with van der Waals surface area (Å²) in [5, 5.41) is 9.33. The third kappa shape index (κ3) is 18.0. The van der Waals surface area contributed by atoms with Crippen LogP contribution in [0.4, 0.5) is 0 Å². The first-order valence-electron chi connectivity index (χ1n) is 6.93. The molecule has 0 aromatic rings. The van der Waals surface area contributed by atoms with Crippen LogP contribution in [0.15, 0.2) is 0 Å². The van der Waals surface area contributed by atoms with Gasteiger partial charge in [-0.2, -0.15) is 0 Å². The smallest absolute Gasteiger partial charge is 0.219 e. The van der Waals surface area contributed by atoms with Crippen molar-refractivity contribution in [3.8, 4) is 0 Å². The second kappa shape index (κ2) is 17.8. The second-order valence-electron chi connectivity index (χ2n) is 3.62. The van der Waals surface area contributed by atoms with Crippen LogP contribution in [0.5, 0.6) is 0 Å². The predicted molar refractivity (Wildman–Crippen MR) is 75.3 cm³/mol. The minimum atomic E-state index is 0.143. The van der Waals surface area contributed by atoms with Gasteiger partial charge in [0.05, 0.1) is 0 Å². The van der Waals surface area contributed by atoms with Gasteiger partial charge in [-0.15, -0.1) is 0 Å². The Hall–Kier alpha value is -0.610. The number of hydrogen-bond acceptors (Lipinski definition) is 3. The largest absolute Gasteiger partial charge is 0.356 e. The van der Waals surface area contributed by atoms with E-state index in [4.69, 9.17) is 0 Å². The first-order valence-corrected chi connectivity index (χ1v) is 6.93. The molecule has 0 atom stereocenters. The standard InChI is InChI=1S/C11H25N3O.C2H6/c1-3-11(15)14-10-6-9-13-8-5-4-7-12-2;1-2/h12-13H,3-10H2,1-2H3,(H,14,15);1-2H3. The molecule has 0 aliphatic rings. The highest BCUT2D eigenvalue weighted by Gasteiger charge is 1.94. The van der Waals surface area contributed by atoms with Gasteiger partial charge in [-0.1, -0.05) is 20.8 Å².